The van der Waals surface area contributed by atoms with Gasteiger partial charge in [0.15, 0.2) is 0 Å². The lowest BCUT2D eigenvalue weighted by molar-refractivity contribution is -0.124. The van der Waals surface area contributed by atoms with Crippen LogP contribution < -0.4 is 9.80 Å². The Morgan fingerprint density at radius 1 is 0.636 bits per heavy atom. The topological polar surface area (TPSA) is 74.8 Å². The summed E-state index contributed by atoms with van der Waals surface area (Å²) in [6.45, 7) is 7.86. The molecule has 6 nitrogen and oxygen atoms in total. The Morgan fingerprint density at radius 3 is 1.24 bits per heavy atom. The lowest BCUT2D eigenvalue weighted by atomic mass is 9.94. The van der Waals surface area contributed by atoms with Gasteiger partial charge < -0.3 is 0 Å². The van der Waals surface area contributed by atoms with E-state index in [9.17, 15) is 19.2 Å². The average Bonchev–Trinajstić information content (AvgIpc) is 3.24. The van der Waals surface area contributed by atoms with Gasteiger partial charge in [-0.15, -0.1) is 0 Å². The molecule has 2 heterocycles. The molecule has 4 amide bonds. The van der Waals surface area contributed by atoms with E-state index in [0.717, 1.165) is 11.1 Å². The summed E-state index contributed by atoms with van der Waals surface area (Å²) in [5.74, 6) is -0.762. The van der Waals surface area contributed by atoms with Gasteiger partial charge in [-0.2, -0.15) is 0 Å². The molecule has 0 saturated carbocycles. The number of imide groups is 2. The Labute approximate surface area is 194 Å². The standard InChI is InChI=1S/C27H30N2O4/c1-16(2)22-14-24(30)28(26(22)32)20-9-5-18(6-10-20)13-19-7-11-21(12-8-19)29-25(31)15-23(17(3)4)27(29)33/h5-12,16-17,22-23H,13-15H2,1-4H3. The van der Waals surface area contributed by atoms with E-state index in [4.69, 9.17) is 0 Å². The summed E-state index contributed by atoms with van der Waals surface area (Å²) in [6, 6.07) is 15.0. The first-order valence-corrected chi connectivity index (χ1v) is 11.6. The predicted octanol–water partition coefficient (Wildman–Crippen LogP) is 4.35. The molecule has 0 N–H and O–H groups in total. The number of hydrogen-bond donors (Lipinski definition) is 0. The molecular formula is C27H30N2O4. The summed E-state index contributed by atoms with van der Waals surface area (Å²) in [4.78, 5) is 52.6. The fourth-order valence-electron chi connectivity index (χ4n) is 4.66. The first kappa shape index (κ1) is 22.9. The van der Waals surface area contributed by atoms with Gasteiger partial charge in [0.05, 0.1) is 23.2 Å². The number of rotatable bonds is 6. The first-order chi connectivity index (χ1) is 15.7. The Morgan fingerprint density at radius 2 is 0.970 bits per heavy atom. The molecule has 172 valence electrons. The second-order valence-corrected chi connectivity index (χ2v) is 9.75. The van der Waals surface area contributed by atoms with Crippen LogP contribution in [0.3, 0.4) is 0 Å². The molecule has 2 aliphatic heterocycles. The van der Waals surface area contributed by atoms with Gasteiger partial charge in [-0.25, -0.2) is 0 Å². The second-order valence-electron chi connectivity index (χ2n) is 9.75. The normalized spacial score (nSPS) is 21.3. The van der Waals surface area contributed by atoms with Crippen LogP contribution in [0.1, 0.15) is 51.7 Å². The number of amides is 4. The van der Waals surface area contributed by atoms with Crippen molar-refractivity contribution in [2.45, 2.75) is 47.0 Å². The molecule has 2 saturated heterocycles. The molecule has 2 fully saturated rings. The van der Waals surface area contributed by atoms with Crippen LogP contribution in [0, 0.1) is 23.7 Å². The van der Waals surface area contributed by atoms with Crippen LogP contribution in [0.2, 0.25) is 0 Å². The zero-order chi connectivity index (χ0) is 23.9. The van der Waals surface area contributed by atoms with E-state index in [1.807, 2.05) is 76.2 Å². The maximum Gasteiger partial charge on any atom is 0.237 e. The van der Waals surface area contributed by atoms with Crippen LogP contribution >= 0.6 is 0 Å². The monoisotopic (exact) mass is 446 g/mol. The fourth-order valence-corrected chi connectivity index (χ4v) is 4.66. The lowest BCUT2D eigenvalue weighted by Crippen LogP contribution is -2.31. The maximum atomic E-state index is 12.6. The Kier molecular flexibility index (Phi) is 6.19. The van der Waals surface area contributed by atoms with Crippen molar-refractivity contribution in [1.82, 2.24) is 0 Å². The summed E-state index contributed by atoms with van der Waals surface area (Å²) in [5.41, 5.74) is 3.30. The number of carbonyl (C=O) groups is 4. The van der Waals surface area contributed by atoms with Gasteiger partial charge in [-0.1, -0.05) is 52.0 Å². The number of carbonyl (C=O) groups excluding carboxylic acids is 4. The molecule has 2 aromatic rings. The third-order valence-electron chi connectivity index (χ3n) is 6.77. The first-order valence-electron chi connectivity index (χ1n) is 11.6. The smallest absolute Gasteiger partial charge is 0.237 e. The van der Waals surface area contributed by atoms with Gasteiger partial charge >= 0.3 is 0 Å². The van der Waals surface area contributed by atoms with E-state index in [1.54, 1.807) is 0 Å². The van der Waals surface area contributed by atoms with Crippen LogP contribution in [0.4, 0.5) is 11.4 Å². The fraction of sp³-hybridized carbons (Fsp3) is 0.407. The van der Waals surface area contributed by atoms with Crippen LogP contribution in [0.5, 0.6) is 0 Å². The third kappa shape index (κ3) is 4.34. The van der Waals surface area contributed by atoms with E-state index in [0.29, 0.717) is 17.8 Å². The average molecular weight is 447 g/mol. The van der Waals surface area contributed by atoms with Gasteiger partial charge in [0.1, 0.15) is 0 Å². The molecule has 0 bridgehead atoms. The number of anilines is 2. The van der Waals surface area contributed by atoms with Crippen molar-refractivity contribution in [1.29, 1.82) is 0 Å². The molecule has 0 spiro atoms. The Hall–Kier alpha value is -3.28. The lowest BCUT2D eigenvalue weighted by Gasteiger charge is -2.17. The van der Waals surface area contributed by atoms with Crippen LogP contribution in [0.15, 0.2) is 48.5 Å². The van der Waals surface area contributed by atoms with Gasteiger partial charge in [0.25, 0.3) is 0 Å². The molecule has 2 aromatic carbocycles. The van der Waals surface area contributed by atoms with Crippen LogP contribution in [-0.4, -0.2) is 23.6 Å². The van der Waals surface area contributed by atoms with Crippen molar-refractivity contribution in [3.05, 3.63) is 59.7 Å². The molecule has 33 heavy (non-hydrogen) atoms. The van der Waals surface area contributed by atoms with Crippen molar-refractivity contribution in [2.75, 3.05) is 9.80 Å². The quantitative estimate of drug-likeness (QED) is 0.619. The van der Waals surface area contributed by atoms with Gasteiger partial charge in [-0.3, -0.25) is 29.0 Å². The summed E-state index contributed by atoms with van der Waals surface area (Å²) in [6.07, 6.45) is 1.20. The molecule has 6 heteroatoms. The Bertz CT molecular complexity index is 999. The van der Waals surface area contributed by atoms with E-state index < -0.39 is 0 Å². The summed E-state index contributed by atoms with van der Waals surface area (Å²) in [7, 11) is 0. The largest absolute Gasteiger partial charge is 0.274 e. The highest BCUT2D eigenvalue weighted by molar-refractivity contribution is 6.21. The number of nitrogens with zero attached hydrogens (tertiary/aromatic N) is 2. The minimum atomic E-state index is -0.249. The molecule has 2 unspecified atom stereocenters. The zero-order valence-corrected chi connectivity index (χ0v) is 19.6. The van der Waals surface area contributed by atoms with E-state index in [1.165, 1.54) is 9.80 Å². The van der Waals surface area contributed by atoms with Crippen molar-refractivity contribution in [3.8, 4) is 0 Å². The molecule has 0 radical (unpaired) electrons. The van der Waals surface area contributed by atoms with Gasteiger partial charge in [0, 0.05) is 12.8 Å². The molecule has 0 aromatic heterocycles. The van der Waals surface area contributed by atoms with Gasteiger partial charge in [0.2, 0.25) is 23.6 Å². The zero-order valence-electron chi connectivity index (χ0n) is 19.6. The number of benzene rings is 2. The summed E-state index contributed by atoms with van der Waals surface area (Å²) in [5, 5.41) is 0. The molecule has 2 atom stereocenters. The predicted molar refractivity (Wildman–Crippen MR) is 127 cm³/mol. The molecule has 4 rings (SSSR count). The van der Waals surface area contributed by atoms with Crippen LogP contribution in [0.25, 0.3) is 0 Å². The minimum absolute atomic E-state index is 0.121. The summed E-state index contributed by atoms with van der Waals surface area (Å²) >= 11 is 0. The highest BCUT2D eigenvalue weighted by Crippen LogP contribution is 2.32. The van der Waals surface area contributed by atoms with Gasteiger partial charge in [-0.05, 0) is 53.6 Å². The molecular weight excluding hydrogens is 416 g/mol. The van der Waals surface area contributed by atoms with Crippen molar-refractivity contribution < 1.29 is 19.2 Å². The van der Waals surface area contributed by atoms with Crippen LogP contribution in [-0.2, 0) is 25.6 Å². The Balaban J connectivity index is 1.44. The SMILES string of the molecule is CC(C)C1CC(=O)N(c2ccc(Cc3ccc(N4C(=O)CC(C(C)C)C4=O)cc3)cc2)C1=O. The maximum absolute atomic E-state index is 12.6. The molecule has 0 aliphatic carbocycles. The summed E-state index contributed by atoms with van der Waals surface area (Å²) < 4.78 is 0. The highest BCUT2D eigenvalue weighted by Gasteiger charge is 2.41. The van der Waals surface area contributed by atoms with Crippen molar-refractivity contribution in [3.63, 3.8) is 0 Å². The molecule has 2 aliphatic rings. The second kappa shape index (κ2) is 8.93. The van der Waals surface area contributed by atoms with E-state index in [-0.39, 0.29) is 60.1 Å². The third-order valence-corrected chi connectivity index (χ3v) is 6.77. The van der Waals surface area contributed by atoms with E-state index >= 15 is 0 Å². The van der Waals surface area contributed by atoms with E-state index in [2.05, 4.69) is 0 Å². The van der Waals surface area contributed by atoms with Crippen molar-refractivity contribution in [2.24, 2.45) is 23.7 Å². The minimum Gasteiger partial charge on any atom is -0.274 e. The van der Waals surface area contributed by atoms with Crippen molar-refractivity contribution >= 4 is 35.0 Å². The highest BCUT2D eigenvalue weighted by atomic mass is 16.2. The number of hydrogen-bond acceptors (Lipinski definition) is 4.